The largest absolute Gasteiger partial charge is 0.457 e. The molecule has 0 saturated carbocycles. The molecule has 0 bridgehead atoms. The number of fused-ring (bicyclic) bond motifs is 1. The summed E-state index contributed by atoms with van der Waals surface area (Å²) in [5, 5.41) is 14.4. The molecule has 1 aromatic rings. The van der Waals surface area contributed by atoms with Crippen LogP contribution in [-0.4, -0.2) is 99.4 Å². The number of ether oxygens (including phenoxy) is 2. The topological polar surface area (TPSA) is 117 Å². The van der Waals surface area contributed by atoms with E-state index < -0.39 is 24.1 Å². The molecule has 0 spiro atoms. The second kappa shape index (κ2) is 11.9. The van der Waals surface area contributed by atoms with Crippen molar-refractivity contribution in [2.75, 3.05) is 38.3 Å². The van der Waals surface area contributed by atoms with Crippen molar-refractivity contribution in [2.45, 2.75) is 43.7 Å². The van der Waals surface area contributed by atoms with Gasteiger partial charge in [-0.25, -0.2) is 9.59 Å². The molecule has 3 aliphatic rings. The predicted octanol–water partition coefficient (Wildman–Crippen LogP) is 2.15. The number of aliphatic hydroxyl groups excluding tert-OH is 1. The number of β-lactam (4-membered cyclic amide) rings is 1. The number of aromatic nitrogens is 2. The van der Waals surface area contributed by atoms with E-state index in [1.165, 1.54) is 28.8 Å². The van der Waals surface area contributed by atoms with Crippen LogP contribution in [0.1, 0.15) is 20.3 Å². The molecule has 6 atom stereocenters. The number of esters is 1. The molecular weight excluding hydrogens is 522 g/mol. The quantitative estimate of drug-likeness (QED) is 0.247. The molecule has 0 radical (unpaired) electrons. The van der Waals surface area contributed by atoms with E-state index in [0.29, 0.717) is 19.5 Å². The third-order valence-electron chi connectivity index (χ3n) is 7.53. The van der Waals surface area contributed by atoms with Gasteiger partial charge >= 0.3 is 12.1 Å². The van der Waals surface area contributed by atoms with Gasteiger partial charge in [-0.15, -0.1) is 11.8 Å². The van der Waals surface area contributed by atoms with Crippen LogP contribution < -0.4 is 4.90 Å². The second-order valence-corrected chi connectivity index (χ2v) is 11.5. The lowest BCUT2D eigenvalue weighted by Gasteiger charge is -2.46. The number of aliphatic hydroxyl groups is 1. The summed E-state index contributed by atoms with van der Waals surface area (Å²) in [4.78, 5) is 45.1. The van der Waals surface area contributed by atoms with Crippen LogP contribution >= 0.6 is 11.8 Å². The average molecular weight is 560 g/mol. The molecule has 0 aromatic carbocycles. The summed E-state index contributed by atoms with van der Waals surface area (Å²) in [6, 6.07) is 1.44. The number of amides is 2. The van der Waals surface area contributed by atoms with E-state index >= 15 is 0 Å². The SMILES string of the molecule is C=CCOC(=O)C1=C(S[C@H]2C[C@@H](CN(C)c3ccnn3C)N(C(=O)OCC=C)C2)[C@H](C)[C@@H]2[C@@H]([C@@H](C)O)C(=O)N12. The standard InChI is InChI=1S/C27H37N5O6S/c1-7-11-37-26(35)23-24(16(3)22-21(17(4)33)25(34)32(22)23)39-19-13-18(31(15-19)27(36)38-12-8-2)14-29(5)20-9-10-28-30(20)6/h7-10,16-19,21-22,33H,1-2,11-15H2,3-6H3/t16-,17-,18+,19+,21-,22-/m1/s1. The molecule has 1 aromatic heterocycles. The van der Waals surface area contributed by atoms with Gasteiger partial charge in [0.05, 0.1) is 30.3 Å². The Balaban J connectivity index is 1.58. The summed E-state index contributed by atoms with van der Waals surface area (Å²) < 4.78 is 12.5. The Morgan fingerprint density at radius 3 is 2.62 bits per heavy atom. The molecule has 39 heavy (non-hydrogen) atoms. The van der Waals surface area contributed by atoms with Gasteiger partial charge in [0.25, 0.3) is 0 Å². The Bertz CT molecular complexity index is 1170. The van der Waals surface area contributed by atoms with E-state index in [-0.39, 0.29) is 48.1 Å². The average Bonchev–Trinajstić information content (AvgIpc) is 3.56. The third-order valence-corrected chi connectivity index (χ3v) is 9.03. The van der Waals surface area contributed by atoms with Gasteiger partial charge in [0.1, 0.15) is 24.7 Å². The molecule has 0 unspecified atom stereocenters. The van der Waals surface area contributed by atoms with Gasteiger partial charge in [-0.1, -0.05) is 32.2 Å². The summed E-state index contributed by atoms with van der Waals surface area (Å²) in [5.41, 5.74) is 0.234. The number of hydrogen-bond acceptors (Lipinski definition) is 9. The Morgan fingerprint density at radius 1 is 1.31 bits per heavy atom. The number of aryl methyl sites for hydroxylation is 1. The van der Waals surface area contributed by atoms with Crippen molar-refractivity contribution in [2.24, 2.45) is 18.9 Å². The predicted molar refractivity (Wildman–Crippen MR) is 148 cm³/mol. The minimum Gasteiger partial charge on any atom is -0.457 e. The summed E-state index contributed by atoms with van der Waals surface area (Å²) in [6.07, 6.45) is 4.13. The Morgan fingerprint density at radius 2 is 2.00 bits per heavy atom. The lowest BCUT2D eigenvalue weighted by atomic mass is 9.79. The molecule has 4 rings (SSSR count). The van der Waals surface area contributed by atoms with Crippen molar-refractivity contribution in [3.05, 3.63) is 48.2 Å². The number of likely N-dealkylation sites (N-methyl/N-ethyl adjacent to an activating group) is 1. The maximum absolute atomic E-state index is 13.1. The zero-order chi connectivity index (χ0) is 28.4. The normalized spacial score (nSPS) is 26.7. The monoisotopic (exact) mass is 559 g/mol. The van der Waals surface area contributed by atoms with E-state index in [0.717, 1.165) is 10.7 Å². The second-order valence-electron chi connectivity index (χ2n) is 10.2. The number of rotatable bonds is 11. The highest BCUT2D eigenvalue weighted by Gasteiger charge is 2.60. The fourth-order valence-corrected chi connectivity index (χ4v) is 7.33. The van der Waals surface area contributed by atoms with Gasteiger partial charge in [0.2, 0.25) is 5.91 Å². The van der Waals surface area contributed by atoms with Crippen molar-refractivity contribution in [3.8, 4) is 0 Å². The highest BCUT2D eigenvalue weighted by atomic mass is 32.2. The van der Waals surface area contributed by atoms with Crippen LogP contribution in [0.2, 0.25) is 0 Å². The number of carbonyl (C=O) groups is 3. The lowest BCUT2D eigenvalue weighted by Crippen LogP contribution is -2.63. The first-order valence-corrected chi connectivity index (χ1v) is 13.9. The van der Waals surface area contributed by atoms with E-state index in [4.69, 9.17) is 9.47 Å². The first kappa shape index (κ1) is 28.8. The number of hydrogen-bond donors (Lipinski definition) is 1. The van der Waals surface area contributed by atoms with E-state index in [9.17, 15) is 19.5 Å². The molecule has 212 valence electrons. The Hall–Kier alpha value is -3.25. The molecule has 1 N–H and O–H groups in total. The van der Waals surface area contributed by atoms with Crippen molar-refractivity contribution in [1.82, 2.24) is 19.6 Å². The highest BCUT2D eigenvalue weighted by molar-refractivity contribution is 8.03. The van der Waals surface area contributed by atoms with Gasteiger partial charge < -0.3 is 29.3 Å². The van der Waals surface area contributed by atoms with Crippen LogP contribution in [0.3, 0.4) is 0 Å². The Kier molecular flexibility index (Phi) is 8.75. The highest BCUT2D eigenvalue weighted by Crippen LogP contribution is 2.52. The van der Waals surface area contributed by atoms with Crippen molar-refractivity contribution in [1.29, 1.82) is 0 Å². The van der Waals surface area contributed by atoms with Crippen LogP contribution in [0.25, 0.3) is 0 Å². The smallest absolute Gasteiger partial charge is 0.410 e. The molecule has 11 nitrogen and oxygen atoms in total. The zero-order valence-corrected chi connectivity index (χ0v) is 23.7. The molecule has 2 amide bonds. The van der Waals surface area contributed by atoms with E-state index in [1.54, 1.807) is 22.7 Å². The molecule has 3 aliphatic heterocycles. The Labute approximate surface area is 233 Å². The zero-order valence-electron chi connectivity index (χ0n) is 22.9. The van der Waals surface area contributed by atoms with Crippen LogP contribution in [0.4, 0.5) is 10.6 Å². The van der Waals surface area contributed by atoms with Crippen LogP contribution in [0, 0.1) is 11.8 Å². The first-order chi connectivity index (χ1) is 18.6. The summed E-state index contributed by atoms with van der Waals surface area (Å²) >= 11 is 1.50. The van der Waals surface area contributed by atoms with Gasteiger partial charge in [-0.05, 0) is 13.3 Å². The van der Waals surface area contributed by atoms with Gasteiger partial charge in [-0.3, -0.25) is 9.48 Å². The molecule has 2 saturated heterocycles. The maximum Gasteiger partial charge on any atom is 0.410 e. The number of thioether (sulfide) groups is 1. The van der Waals surface area contributed by atoms with Gasteiger partial charge in [-0.2, -0.15) is 5.10 Å². The number of carbonyl (C=O) groups excluding carboxylic acids is 3. The molecule has 12 heteroatoms. The van der Waals surface area contributed by atoms with Gasteiger partial charge in [0.15, 0.2) is 0 Å². The summed E-state index contributed by atoms with van der Waals surface area (Å²) in [6.45, 7) is 11.9. The lowest BCUT2D eigenvalue weighted by molar-refractivity contribution is -0.164. The first-order valence-electron chi connectivity index (χ1n) is 13.0. The van der Waals surface area contributed by atoms with Gasteiger partial charge in [0, 0.05) is 49.3 Å². The third kappa shape index (κ3) is 5.44. The van der Waals surface area contributed by atoms with Crippen molar-refractivity contribution < 1.29 is 29.0 Å². The van der Waals surface area contributed by atoms with Crippen LogP contribution in [0.15, 0.2) is 48.2 Å². The van der Waals surface area contributed by atoms with E-state index in [1.807, 2.05) is 32.0 Å². The van der Waals surface area contributed by atoms with E-state index in [2.05, 4.69) is 18.3 Å². The molecular formula is C27H37N5O6S. The van der Waals surface area contributed by atoms with Crippen LogP contribution in [0.5, 0.6) is 0 Å². The number of anilines is 1. The minimum atomic E-state index is -0.829. The molecule has 2 fully saturated rings. The number of nitrogens with zero attached hydrogens (tertiary/aromatic N) is 5. The summed E-state index contributed by atoms with van der Waals surface area (Å²) in [7, 11) is 3.81. The van der Waals surface area contributed by atoms with Crippen molar-refractivity contribution >= 4 is 35.5 Å². The molecule has 4 heterocycles. The fraction of sp³-hybridized carbons (Fsp3) is 0.556. The minimum absolute atomic E-state index is 0.0238. The fourth-order valence-electron chi connectivity index (χ4n) is 5.77. The molecule has 0 aliphatic carbocycles. The van der Waals surface area contributed by atoms with Crippen molar-refractivity contribution in [3.63, 3.8) is 0 Å². The van der Waals surface area contributed by atoms with Crippen LogP contribution in [-0.2, 0) is 26.1 Å². The summed E-state index contributed by atoms with van der Waals surface area (Å²) in [5.74, 6) is -0.695. The number of likely N-dealkylation sites (tertiary alicyclic amines) is 1. The maximum atomic E-state index is 13.1.